The number of amides is 4. The molecule has 2 aliphatic rings. The molecular weight excluding hydrogens is 432 g/mol. The maximum absolute atomic E-state index is 13.2. The minimum absolute atomic E-state index is 0.206. The van der Waals surface area contributed by atoms with E-state index in [0.29, 0.717) is 18.7 Å². The first-order chi connectivity index (χ1) is 16.3. The number of benzene rings is 2. The van der Waals surface area contributed by atoms with Gasteiger partial charge in [0, 0.05) is 32.7 Å². The van der Waals surface area contributed by atoms with Gasteiger partial charge in [-0.05, 0) is 43.5 Å². The van der Waals surface area contributed by atoms with Gasteiger partial charge >= 0.3 is 6.03 Å². The van der Waals surface area contributed by atoms with Crippen molar-refractivity contribution in [2.24, 2.45) is 0 Å². The minimum Gasteiger partial charge on any atom is -0.497 e. The molecule has 8 heteroatoms. The first kappa shape index (κ1) is 23.8. The average Bonchev–Trinajstić information content (AvgIpc) is 2.98. The molecule has 2 heterocycles. The number of imide groups is 1. The third-order valence-corrected chi connectivity index (χ3v) is 6.70. The zero-order valence-corrected chi connectivity index (χ0v) is 20.0. The first-order valence-corrected chi connectivity index (χ1v) is 11.6. The number of aryl methyl sites for hydroxylation is 1. The van der Waals surface area contributed by atoms with Crippen LogP contribution in [0, 0.1) is 6.92 Å². The number of nitrogens with zero attached hydrogens (tertiary/aromatic N) is 3. The SMILES string of the molecule is COc1ccc(CN2CCCN(C(=O)CN3C(=O)N[C@](C)(c4ccc(C)cc4)C3=O)CC2)cc1. The Morgan fingerprint density at radius 1 is 1.00 bits per heavy atom. The van der Waals surface area contributed by atoms with E-state index >= 15 is 0 Å². The summed E-state index contributed by atoms with van der Waals surface area (Å²) in [5.74, 6) is 0.226. The van der Waals surface area contributed by atoms with Crippen LogP contribution in [0.1, 0.15) is 30.0 Å². The number of rotatable bonds is 6. The van der Waals surface area contributed by atoms with Crippen molar-refractivity contribution < 1.29 is 19.1 Å². The topological polar surface area (TPSA) is 82.2 Å². The van der Waals surface area contributed by atoms with Crippen LogP contribution in [0.3, 0.4) is 0 Å². The largest absolute Gasteiger partial charge is 0.497 e. The lowest BCUT2D eigenvalue weighted by Crippen LogP contribution is -2.45. The number of methoxy groups -OCH3 is 1. The van der Waals surface area contributed by atoms with Crippen molar-refractivity contribution in [1.29, 1.82) is 0 Å². The molecule has 4 rings (SSSR count). The number of nitrogens with one attached hydrogen (secondary N) is 1. The van der Waals surface area contributed by atoms with E-state index in [-0.39, 0.29) is 12.5 Å². The molecule has 0 radical (unpaired) electrons. The highest BCUT2D eigenvalue weighted by atomic mass is 16.5. The molecule has 8 nitrogen and oxygen atoms in total. The molecule has 0 saturated carbocycles. The Hall–Kier alpha value is -3.39. The van der Waals surface area contributed by atoms with Crippen molar-refractivity contribution in [2.45, 2.75) is 32.4 Å². The molecule has 2 fully saturated rings. The van der Waals surface area contributed by atoms with Crippen molar-refractivity contribution in [3.8, 4) is 5.75 Å². The third-order valence-electron chi connectivity index (χ3n) is 6.70. The van der Waals surface area contributed by atoms with Gasteiger partial charge in [0.1, 0.15) is 17.8 Å². The summed E-state index contributed by atoms with van der Waals surface area (Å²) in [4.78, 5) is 44.0. The zero-order chi connectivity index (χ0) is 24.3. The fourth-order valence-electron chi connectivity index (χ4n) is 4.53. The van der Waals surface area contributed by atoms with E-state index in [0.717, 1.165) is 42.3 Å². The van der Waals surface area contributed by atoms with Gasteiger partial charge in [0.2, 0.25) is 5.91 Å². The number of urea groups is 1. The van der Waals surface area contributed by atoms with Crippen molar-refractivity contribution >= 4 is 17.8 Å². The molecule has 0 spiro atoms. The van der Waals surface area contributed by atoms with Crippen LogP contribution in [0.15, 0.2) is 48.5 Å². The Labute approximate surface area is 200 Å². The minimum atomic E-state index is -1.17. The second-order valence-corrected chi connectivity index (χ2v) is 9.17. The summed E-state index contributed by atoms with van der Waals surface area (Å²) in [6.45, 7) is 6.99. The first-order valence-electron chi connectivity index (χ1n) is 11.6. The lowest BCUT2D eigenvalue weighted by Gasteiger charge is -2.25. The van der Waals surface area contributed by atoms with E-state index in [9.17, 15) is 14.4 Å². The van der Waals surface area contributed by atoms with Crippen LogP contribution in [-0.2, 0) is 21.7 Å². The van der Waals surface area contributed by atoms with Crippen molar-refractivity contribution in [2.75, 3.05) is 39.8 Å². The second kappa shape index (κ2) is 9.85. The van der Waals surface area contributed by atoms with Crippen LogP contribution in [-0.4, -0.2) is 72.4 Å². The van der Waals surface area contributed by atoms with Gasteiger partial charge < -0.3 is 15.0 Å². The maximum Gasteiger partial charge on any atom is 0.325 e. The standard InChI is InChI=1S/C26H32N4O4/c1-19-5-9-21(10-6-19)26(2)24(32)30(25(33)27-26)18-23(31)29-14-4-13-28(15-16-29)17-20-7-11-22(34-3)12-8-20/h5-12H,4,13-18H2,1-3H3,(H,27,33)/t26-/m1/s1. The van der Waals surface area contributed by atoms with Gasteiger partial charge in [-0.25, -0.2) is 4.79 Å². The van der Waals surface area contributed by atoms with Gasteiger partial charge in [-0.2, -0.15) is 0 Å². The van der Waals surface area contributed by atoms with Crippen LogP contribution in [0.4, 0.5) is 4.79 Å². The molecule has 2 aliphatic heterocycles. The number of carbonyl (C=O) groups is 3. The quantitative estimate of drug-likeness (QED) is 0.665. The summed E-state index contributed by atoms with van der Waals surface area (Å²) in [6, 6.07) is 15.0. The molecule has 0 bridgehead atoms. The molecule has 0 aliphatic carbocycles. The molecule has 2 aromatic carbocycles. The van der Waals surface area contributed by atoms with Crippen LogP contribution >= 0.6 is 0 Å². The highest BCUT2D eigenvalue weighted by Crippen LogP contribution is 2.29. The Morgan fingerprint density at radius 3 is 2.38 bits per heavy atom. The number of carbonyl (C=O) groups excluding carboxylic acids is 3. The Bertz CT molecular complexity index is 1050. The lowest BCUT2D eigenvalue weighted by atomic mass is 9.91. The fourth-order valence-corrected chi connectivity index (χ4v) is 4.53. The van der Waals surface area contributed by atoms with Gasteiger partial charge in [0.05, 0.1) is 7.11 Å². The van der Waals surface area contributed by atoms with Crippen molar-refractivity contribution in [3.05, 3.63) is 65.2 Å². The summed E-state index contributed by atoms with van der Waals surface area (Å²) in [7, 11) is 1.65. The molecule has 34 heavy (non-hydrogen) atoms. The third kappa shape index (κ3) is 4.92. The van der Waals surface area contributed by atoms with Crippen LogP contribution < -0.4 is 10.1 Å². The van der Waals surface area contributed by atoms with Gasteiger partial charge in [0.15, 0.2) is 0 Å². The van der Waals surface area contributed by atoms with E-state index in [1.165, 1.54) is 5.56 Å². The summed E-state index contributed by atoms with van der Waals surface area (Å²) >= 11 is 0. The van der Waals surface area contributed by atoms with Gasteiger partial charge in [-0.3, -0.25) is 19.4 Å². The van der Waals surface area contributed by atoms with E-state index < -0.39 is 17.5 Å². The summed E-state index contributed by atoms with van der Waals surface area (Å²) in [5, 5.41) is 2.78. The fraction of sp³-hybridized carbons (Fsp3) is 0.423. The van der Waals surface area contributed by atoms with E-state index in [1.807, 2.05) is 43.3 Å². The molecule has 1 N–H and O–H groups in total. The molecule has 180 valence electrons. The van der Waals surface area contributed by atoms with Crippen molar-refractivity contribution in [3.63, 3.8) is 0 Å². The van der Waals surface area contributed by atoms with Gasteiger partial charge in [-0.1, -0.05) is 42.0 Å². The van der Waals surface area contributed by atoms with E-state index in [4.69, 9.17) is 4.74 Å². The van der Waals surface area contributed by atoms with Crippen LogP contribution in [0.25, 0.3) is 0 Å². The number of hydrogen-bond donors (Lipinski definition) is 1. The number of hydrogen-bond acceptors (Lipinski definition) is 5. The second-order valence-electron chi connectivity index (χ2n) is 9.17. The lowest BCUT2D eigenvalue weighted by molar-refractivity contribution is -0.138. The summed E-state index contributed by atoms with van der Waals surface area (Å²) in [5.41, 5.74) is 1.79. The molecule has 0 unspecified atom stereocenters. The Balaban J connectivity index is 1.35. The summed E-state index contributed by atoms with van der Waals surface area (Å²) in [6.07, 6.45) is 0.836. The van der Waals surface area contributed by atoms with E-state index in [1.54, 1.807) is 18.9 Å². The van der Waals surface area contributed by atoms with Crippen molar-refractivity contribution in [1.82, 2.24) is 20.0 Å². The normalized spacial score (nSPS) is 21.4. The average molecular weight is 465 g/mol. The highest BCUT2D eigenvalue weighted by molar-refractivity contribution is 6.09. The Morgan fingerprint density at radius 2 is 1.71 bits per heavy atom. The van der Waals surface area contributed by atoms with E-state index in [2.05, 4.69) is 22.3 Å². The summed E-state index contributed by atoms with van der Waals surface area (Å²) < 4.78 is 5.22. The molecular formula is C26H32N4O4. The zero-order valence-electron chi connectivity index (χ0n) is 20.0. The van der Waals surface area contributed by atoms with Crippen LogP contribution in [0.5, 0.6) is 5.75 Å². The molecule has 4 amide bonds. The maximum atomic E-state index is 13.2. The molecule has 1 atom stereocenters. The smallest absolute Gasteiger partial charge is 0.325 e. The van der Waals surface area contributed by atoms with Gasteiger partial charge in [-0.15, -0.1) is 0 Å². The molecule has 2 aromatic rings. The molecule has 0 aromatic heterocycles. The van der Waals surface area contributed by atoms with Crippen LogP contribution in [0.2, 0.25) is 0 Å². The number of ether oxygens (including phenoxy) is 1. The van der Waals surface area contributed by atoms with Gasteiger partial charge in [0.25, 0.3) is 5.91 Å². The Kier molecular flexibility index (Phi) is 6.88. The predicted molar refractivity (Wildman–Crippen MR) is 128 cm³/mol. The molecule has 2 saturated heterocycles. The highest BCUT2D eigenvalue weighted by Gasteiger charge is 2.49. The predicted octanol–water partition coefficient (Wildman–Crippen LogP) is 2.51. The monoisotopic (exact) mass is 464 g/mol.